The van der Waals surface area contributed by atoms with E-state index in [9.17, 15) is 18.3 Å². The molecule has 1 nitrogen and oxygen atoms in total. The van der Waals surface area contributed by atoms with Gasteiger partial charge in [0.25, 0.3) is 0 Å². The van der Waals surface area contributed by atoms with Crippen LogP contribution in [0.3, 0.4) is 0 Å². The summed E-state index contributed by atoms with van der Waals surface area (Å²) in [4.78, 5) is 0. The third kappa shape index (κ3) is 4.11. The topological polar surface area (TPSA) is 20.2 Å². The van der Waals surface area contributed by atoms with Gasteiger partial charge in [0, 0.05) is 10.0 Å². The zero-order chi connectivity index (χ0) is 13.8. The van der Waals surface area contributed by atoms with Gasteiger partial charge in [0.15, 0.2) is 5.76 Å². The van der Waals surface area contributed by atoms with Crippen LogP contribution < -0.4 is 0 Å². The Morgan fingerprint density at radius 3 is 2.67 bits per heavy atom. The normalized spacial score (nSPS) is 11.9. The predicted molar refractivity (Wildman–Crippen MR) is 67.0 cm³/mol. The zero-order valence-corrected chi connectivity index (χ0v) is 11.1. The van der Waals surface area contributed by atoms with Crippen LogP contribution in [0.5, 0.6) is 0 Å². The highest BCUT2D eigenvalue weighted by Crippen LogP contribution is 2.35. The lowest BCUT2D eigenvalue weighted by atomic mass is 10.1. The van der Waals surface area contributed by atoms with E-state index in [1.54, 1.807) is 0 Å². The molecule has 0 bridgehead atoms. The van der Waals surface area contributed by atoms with Gasteiger partial charge < -0.3 is 5.11 Å². The molecule has 0 radical (unpaired) electrons. The summed E-state index contributed by atoms with van der Waals surface area (Å²) < 4.78 is 37.8. The second-order valence-corrected chi connectivity index (χ2v) is 4.29. The quantitative estimate of drug-likeness (QED) is 0.589. The summed E-state index contributed by atoms with van der Waals surface area (Å²) in [7, 11) is 0. The molecule has 0 fully saturated rings. The standard InChI is InChI=1S/C13H10BrF3O/c1-2-3-10(18)6-4-9-5-7-12(14)11(8-9)13(15,16)17/h3,5,7-8,18H,2H2,1H3/b10-3-. The first-order chi connectivity index (χ1) is 8.34. The molecule has 96 valence electrons. The van der Waals surface area contributed by atoms with Crippen molar-refractivity contribution in [2.75, 3.05) is 0 Å². The number of rotatable bonds is 1. The Hall–Kier alpha value is -1.41. The minimum atomic E-state index is -4.43. The summed E-state index contributed by atoms with van der Waals surface area (Å²) in [6.45, 7) is 1.82. The average molecular weight is 319 g/mol. The number of hydrogen-bond acceptors (Lipinski definition) is 1. The molecule has 0 spiro atoms. The van der Waals surface area contributed by atoms with E-state index in [2.05, 4.69) is 27.8 Å². The maximum atomic E-state index is 12.6. The Bertz CT molecular complexity index is 521. The lowest BCUT2D eigenvalue weighted by molar-refractivity contribution is -0.138. The molecule has 0 amide bonds. The van der Waals surface area contributed by atoms with Gasteiger partial charge in [-0.1, -0.05) is 28.8 Å². The molecule has 0 aliphatic heterocycles. The van der Waals surface area contributed by atoms with Crippen molar-refractivity contribution in [3.8, 4) is 11.8 Å². The first kappa shape index (κ1) is 14.7. The molecule has 1 rings (SSSR count). The van der Waals surface area contributed by atoms with Gasteiger partial charge in [0.1, 0.15) is 0 Å². The second kappa shape index (κ2) is 5.96. The van der Waals surface area contributed by atoms with Crippen LogP contribution in [0, 0.1) is 11.8 Å². The number of aliphatic hydroxyl groups is 1. The molecular formula is C13H10BrF3O. The van der Waals surface area contributed by atoms with E-state index in [1.165, 1.54) is 18.2 Å². The maximum absolute atomic E-state index is 12.6. The van der Waals surface area contributed by atoms with Crippen LogP contribution in [0.25, 0.3) is 0 Å². The molecule has 0 aliphatic carbocycles. The van der Waals surface area contributed by atoms with Crippen LogP contribution in [-0.2, 0) is 6.18 Å². The zero-order valence-electron chi connectivity index (χ0n) is 9.48. The summed E-state index contributed by atoms with van der Waals surface area (Å²) >= 11 is 2.84. The van der Waals surface area contributed by atoms with Gasteiger partial charge in [-0.25, -0.2) is 0 Å². The van der Waals surface area contributed by atoms with Crippen molar-refractivity contribution in [1.29, 1.82) is 0 Å². The highest BCUT2D eigenvalue weighted by atomic mass is 79.9. The van der Waals surface area contributed by atoms with Gasteiger partial charge in [-0.3, -0.25) is 0 Å². The molecule has 0 saturated carbocycles. The molecule has 18 heavy (non-hydrogen) atoms. The van der Waals surface area contributed by atoms with E-state index in [1.807, 2.05) is 6.92 Å². The van der Waals surface area contributed by atoms with E-state index >= 15 is 0 Å². The summed E-state index contributed by atoms with van der Waals surface area (Å²) in [6, 6.07) is 3.68. The fourth-order valence-corrected chi connectivity index (χ4v) is 1.67. The molecule has 0 saturated heterocycles. The van der Waals surface area contributed by atoms with Gasteiger partial charge in [-0.05, 0) is 36.6 Å². The van der Waals surface area contributed by atoms with Crippen molar-refractivity contribution < 1.29 is 18.3 Å². The van der Waals surface area contributed by atoms with Gasteiger partial charge in [0.05, 0.1) is 5.56 Å². The maximum Gasteiger partial charge on any atom is 0.417 e. The predicted octanol–water partition coefficient (Wildman–Crippen LogP) is 4.67. The number of aliphatic hydroxyl groups excluding tert-OH is 1. The Balaban J connectivity index is 3.11. The Morgan fingerprint density at radius 1 is 1.44 bits per heavy atom. The van der Waals surface area contributed by atoms with E-state index in [0.717, 1.165) is 6.07 Å². The molecule has 0 heterocycles. The van der Waals surface area contributed by atoms with Gasteiger partial charge >= 0.3 is 6.18 Å². The largest absolute Gasteiger partial charge is 0.501 e. The third-order valence-corrected chi connectivity index (χ3v) is 2.70. The molecule has 5 heteroatoms. The van der Waals surface area contributed by atoms with Crippen LogP contribution in [0.15, 0.2) is 34.5 Å². The van der Waals surface area contributed by atoms with Crippen molar-refractivity contribution in [1.82, 2.24) is 0 Å². The first-order valence-corrected chi connectivity index (χ1v) is 5.91. The molecule has 0 aliphatic rings. The van der Waals surface area contributed by atoms with Gasteiger partial charge in [-0.15, -0.1) is 0 Å². The second-order valence-electron chi connectivity index (χ2n) is 3.44. The summed E-state index contributed by atoms with van der Waals surface area (Å²) in [6.07, 6.45) is -2.34. The van der Waals surface area contributed by atoms with E-state index in [-0.39, 0.29) is 15.8 Å². The lowest BCUT2D eigenvalue weighted by Crippen LogP contribution is -2.06. The van der Waals surface area contributed by atoms with Crippen molar-refractivity contribution in [2.45, 2.75) is 19.5 Å². The summed E-state index contributed by atoms with van der Waals surface area (Å²) in [5.74, 6) is 4.72. The van der Waals surface area contributed by atoms with Crippen molar-refractivity contribution >= 4 is 15.9 Å². The molecule has 1 aromatic rings. The number of benzene rings is 1. The number of hydrogen-bond donors (Lipinski definition) is 1. The Labute approximate surface area is 111 Å². The summed E-state index contributed by atoms with van der Waals surface area (Å²) in [5.41, 5.74) is -0.588. The number of allylic oxidation sites excluding steroid dienone is 2. The summed E-state index contributed by atoms with van der Waals surface area (Å²) in [5, 5.41) is 9.25. The SMILES string of the molecule is CC/C=C(\O)C#Cc1ccc(Br)c(C(F)(F)F)c1. The highest BCUT2D eigenvalue weighted by Gasteiger charge is 2.32. The van der Waals surface area contributed by atoms with Gasteiger partial charge in [0.2, 0.25) is 0 Å². The Kier molecular flexibility index (Phi) is 4.85. The number of alkyl halides is 3. The number of halogens is 4. The van der Waals surface area contributed by atoms with E-state index < -0.39 is 11.7 Å². The molecule has 1 N–H and O–H groups in total. The monoisotopic (exact) mass is 318 g/mol. The minimum absolute atomic E-state index is 0.0335. The van der Waals surface area contributed by atoms with E-state index in [0.29, 0.717) is 6.42 Å². The van der Waals surface area contributed by atoms with Crippen molar-refractivity contribution in [3.05, 3.63) is 45.6 Å². The minimum Gasteiger partial charge on any atom is -0.501 e. The van der Waals surface area contributed by atoms with Crippen LogP contribution in [0.2, 0.25) is 0 Å². The molecule has 0 aromatic heterocycles. The fraction of sp³-hybridized carbons (Fsp3) is 0.231. The molecule has 0 atom stereocenters. The smallest absolute Gasteiger partial charge is 0.417 e. The van der Waals surface area contributed by atoms with Crippen molar-refractivity contribution in [2.24, 2.45) is 0 Å². The highest BCUT2D eigenvalue weighted by molar-refractivity contribution is 9.10. The molecular weight excluding hydrogens is 309 g/mol. The van der Waals surface area contributed by atoms with Crippen LogP contribution in [0.4, 0.5) is 13.2 Å². The average Bonchev–Trinajstić information content (AvgIpc) is 2.27. The van der Waals surface area contributed by atoms with E-state index in [4.69, 9.17) is 0 Å². The lowest BCUT2D eigenvalue weighted by Gasteiger charge is -2.08. The fourth-order valence-electron chi connectivity index (χ4n) is 1.20. The Morgan fingerprint density at radius 2 is 2.11 bits per heavy atom. The van der Waals surface area contributed by atoms with Crippen LogP contribution in [-0.4, -0.2) is 5.11 Å². The first-order valence-electron chi connectivity index (χ1n) is 5.12. The van der Waals surface area contributed by atoms with Crippen molar-refractivity contribution in [3.63, 3.8) is 0 Å². The van der Waals surface area contributed by atoms with Gasteiger partial charge in [-0.2, -0.15) is 13.2 Å². The molecule has 0 unspecified atom stereocenters. The molecule has 1 aromatic carbocycles. The van der Waals surface area contributed by atoms with Crippen LogP contribution >= 0.6 is 15.9 Å². The van der Waals surface area contributed by atoms with Crippen LogP contribution in [0.1, 0.15) is 24.5 Å². The third-order valence-electron chi connectivity index (χ3n) is 2.00.